The minimum absolute atomic E-state index is 0. The maximum Gasteiger partial charge on any atom is 1.00 e. The standard InChI is InChI=1S/C26H30N8O.C23H28N8.C3H3ClO.CH2O3.HI.Na/c1-6-24(35)29-21-17-20(18(2)16-22(21)33(5)15-14-32(3)4)30-26-28-12-9-23(31-26)34-13-10-19-8-7-11-27-25(19)34;1-16-14-20(30(4)13-12-29(2)3)18(24)15-19(16)27-23-26-10-7-21(28-23)31-11-8-17-6-5-9-25-22(17)31;1-2-3(4)5;2-1-4-3;;/h6-13,16-17H,1,14-15H2,2-5H3,(H,29,35)(H,28,30,31);5-11,14-15H,12-13,24H2,1-4H3,(H,26,27,28);2H,1H2;1,3H;1H;/q;;;;;+1/p-2. The van der Waals surface area contributed by atoms with Crippen molar-refractivity contribution in [3.8, 4) is 11.6 Å². The van der Waals surface area contributed by atoms with Crippen LogP contribution in [0, 0.1) is 13.8 Å². The van der Waals surface area contributed by atoms with Crippen LogP contribution in [0.15, 0.2) is 135 Å². The number of aromatic nitrogens is 8. The van der Waals surface area contributed by atoms with Crippen molar-refractivity contribution in [2.24, 2.45) is 0 Å². The normalized spacial score (nSPS) is 10.2. The summed E-state index contributed by atoms with van der Waals surface area (Å²) in [6.07, 6.45) is 13.2. The van der Waals surface area contributed by atoms with Crippen molar-refractivity contribution in [2.75, 3.05) is 99.9 Å². The summed E-state index contributed by atoms with van der Waals surface area (Å²) in [6, 6.07) is 23.6. The van der Waals surface area contributed by atoms with Crippen LogP contribution in [-0.4, -0.2) is 135 Å². The molecule has 0 bridgehead atoms. The molecule has 400 valence electrons. The van der Waals surface area contributed by atoms with Gasteiger partial charge in [0.25, 0.3) is 6.47 Å². The number of nitrogen functional groups attached to an aromatic ring is 1. The maximum absolute atomic E-state index is 12.2. The molecule has 6 aromatic heterocycles. The predicted octanol–water partition coefficient (Wildman–Crippen LogP) is 0.818. The van der Waals surface area contributed by atoms with E-state index < -0.39 is 5.24 Å². The number of nitrogens with one attached hydrogen (secondary N) is 3. The average molecular weight is 1190 g/mol. The number of carbonyl (C=O) groups is 3. The average Bonchev–Trinajstić information content (AvgIpc) is 4.05. The van der Waals surface area contributed by atoms with Gasteiger partial charge in [-0.3, -0.25) is 23.5 Å². The number of pyridine rings is 2. The molecule has 0 radical (unpaired) electrons. The Hall–Kier alpha value is -7.03. The van der Waals surface area contributed by atoms with Crippen molar-refractivity contribution in [2.45, 2.75) is 13.8 Å². The van der Waals surface area contributed by atoms with Gasteiger partial charge >= 0.3 is 29.6 Å². The Morgan fingerprint density at radius 1 is 0.675 bits per heavy atom. The first kappa shape index (κ1) is 64.3. The topological polar surface area (TPSA) is 246 Å². The van der Waals surface area contributed by atoms with E-state index in [4.69, 9.17) is 32.4 Å². The summed E-state index contributed by atoms with van der Waals surface area (Å²) >= 11 is 4.71. The van der Waals surface area contributed by atoms with Crippen LogP contribution in [0.5, 0.6) is 0 Å². The molecule has 0 saturated carbocycles. The summed E-state index contributed by atoms with van der Waals surface area (Å²) < 4.78 is 3.87. The number of aryl methyl sites for hydroxylation is 2. The van der Waals surface area contributed by atoms with Gasteiger partial charge in [-0.2, -0.15) is 9.97 Å². The molecular weight excluding hydrogens is 1130 g/mol. The van der Waals surface area contributed by atoms with Crippen LogP contribution >= 0.6 is 11.6 Å². The van der Waals surface area contributed by atoms with E-state index in [2.05, 4.69) is 113 Å². The fourth-order valence-corrected chi connectivity index (χ4v) is 7.17. The molecule has 0 aliphatic carbocycles. The number of hydrogen-bond acceptors (Lipinski definition) is 18. The SMILES string of the molecule is C=CC(=O)Cl.C=CC(=O)Nc1cc(Nc2nccc(-n3ccc4cccnc43)n2)c(C)cc1N(C)CCN(C)C.Cc1cc(N(C)CCN(C)C)c(N)cc1Nc1nccc(-n2ccc3cccnc32)n1.O=CO[O-].[I-].[Na+]. The zero-order chi connectivity index (χ0) is 54.6. The van der Waals surface area contributed by atoms with E-state index in [0.717, 1.165) is 94.0 Å². The third kappa shape index (κ3) is 18.9. The summed E-state index contributed by atoms with van der Waals surface area (Å²) in [7, 11) is 12.3. The van der Waals surface area contributed by atoms with Crippen LogP contribution in [-0.2, 0) is 19.3 Å². The van der Waals surface area contributed by atoms with E-state index in [1.807, 2.05) is 116 Å². The van der Waals surface area contributed by atoms with Gasteiger partial charge in [-0.05, 0) is 150 Å². The molecule has 21 nitrogen and oxygen atoms in total. The van der Waals surface area contributed by atoms with Gasteiger partial charge < -0.3 is 75.4 Å². The molecule has 0 spiro atoms. The third-order valence-corrected chi connectivity index (χ3v) is 11.3. The van der Waals surface area contributed by atoms with E-state index in [9.17, 15) is 9.59 Å². The fraction of sp³-hybridized carbons (Fsp3) is 0.226. The van der Waals surface area contributed by atoms with Crippen LogP contribution in [0.1, 0.15) is 11.1 Å². The molecule has 0 aliphatic rings. The molecule has 0 unspecified atom stereocenters. The molecule has 8 rings (SSSR count). The van der Waals surface area contributed by atoms with Crippen LogP contribution in [0.4, 0.5) is 46.0 Å². The third-order valence-electron chi connectivity index (χ3n) is 11.1. The van der Waals surface area contributed by atoms with Crippen molar-refractivity contribution in [1.29, 1.82) is 0 Å². The van der Waals surface area contributed by atoms with Crippen LogP contribution in [0.2, 0.25) is 0 Å². The van der Waals surface area contributed by atoms with Crippen molar-refractivity contribution in [3.05, 3.63) is 146 Å². The predicted molar refractivity (Wildman–Crippen MR) is 297 cm³/mol. The molecule has 2 aromatic carbocycles. The number of hydrogen-bond donors (Lipinski definition) is 4. The number of nitrogens with two attached hydrogens (primary N) is 1. The van der Waals surface area contributed by atoms with Gasteiger partial charge in [0.1, 0.15) is 22.9 Å². The van der Waals surface area contributed by atoms with Gasteiger partial charge in [0.2, 0.25) is 23.0 Å². The Kier molecular flexibility index (Phi) is 26.6. The van der Waals surface area contributed by atoms with Crippen LogP contribution in [0.25, 0.3) is 33.7 Å². The Morgan fingerprint density at radius 3 is 1.55 bits per heavy atom. The number of nitrogens with zero attached hydrogens (tertiary/aromatic N) is 12. The van der Waals surface area contributed by atoms with E-state index in [1.54, 1.807) is 24.8 Å². The van der Waals surface area contributed by atoms with Gasteiger partial charge in [-0.1, -0.05) is 13.2 Å². The zero-order valence-corrected chi connectivity index (χ0v) is 49.5. The number of amides is 1. The molecular formula is C53H62ClIN16NaO5-. The molecule has 8 aromatic rings. The summed E-state index contributed by atoms with van der Waals surface area (Å²) in [5, 5.41) is 19.6. The first-order chi connectivity index (χ1) is 36.0. The molecule has 0 atom stereocenters. The Morgan fingerprint density at radius 2 is 1.12 bits per heavy atom. The Labute approximate surface area is 492 Å². The molecule has 77 heavy (non-hydrogen) atoms. The summed E-state index contributed by atoms with van der Waals surface area (Å²) in [6.45, 7) is 14.1. The molecule has 5 N–H and O–H groups in total. The number of fused-ring (bicyclic) bond motifs is 2. The Balaban J connectivity index is 0.000000344. The number of halogens is 2. The second kappa shape index (κ2) is 31.9. The second-order valence-electron chi connectivity index (χ2n) is 17.2. The van der Waals surface area contributed by atoms with Crippen molar-refractivity contribution < 1.29 is 78.1 Å². The molecule has 0 aliphatic heterocycles. The quantitative estimate of drug-likeness (QED) is 0.0136. The van der Waals surface area contributed by atoms with E-state index in [1.165, 1.54) is 6.08 Å². The largest absolute Gasteiger partial charge is 1.00 e. The monoisotopic (exact) mass is 1190 g/mol. The van der Waals surface area contributed by atoms with Crippen molar-refractivity contribution in [1.82, 2.24) is 48.8 Å². The minimum atomic E-state index is -0.509. The molecule has 1 amide bonds. The van der Waals surface area contributed by atoms with Gasteiger partial charge in [0.15, 0.2) is 0 Å². The maximum atomic E-state index is 12.2. The smallest absolute Gasteiger partial charge is 1.00 e. The number of allylic oxidation sites excluding steroid dienone is 1. The number of likely N-dealkylation sites (N-methyl/N-ethyl adjacent to an activating group) is 4. The van der Waals surface area contributed by atoms with Crippen molar-refractivity contribution in [3.63, 3.8) is 0 Å². The molecule has 6 heterocycles. The first-order valence-corrected chi connectivity index (χ1v) is 23.6. The van der Waals surface area contributed by atoms with E-state index in [0.29, 0.717) is 29.1 Å². The molecule has 24 heteroatoms. The van der Waals surface area contributed by atoms with E-state index >= 15 is 0 Å². The number of rotatable bonds is 18. The number of benzene rings is 2. The summed E-state index contributed by atoms with van der Waals surface area (Å²) in [5.74, 6) is 2.13. The van der Waals surface area contributed by atoms with Gasteiger partial charge in [0.05, 0.1) is 22.7 Å². The Bertz CT molecular complexity index is 3230. The molecule has 0 saturated heterocycles. The van der Waals surface area contributed by atoms with Crippen LogP contribution < -0.4 is 90.3 Å². The zero-order valence-electron chi connectivity index (χ0n) is 44.6. The van der Waals surface area contributed by atoms with E-state index in [-0.39, 0.29) is 65.9 Å². The minimum Gasteiger partial charge on any atom is -1.00 e. The van der Waals surface area contributed by atoms with Crippen molar-refractivity contribution >= 4 is 97.3 Å². The van der Waals surface area contributed by atoms with Gasteiger partial charge in [0, 0.05) is 99.6 Å². The number of anilines is 8. The summed E-state index contributed by atoms with van der Waals surface area (Å²) in [5.41, 5.74) is 15.1. The number of carbonyl (C=O) groups excluding carboxylic acids is 3. The molecule has 0 fully saturated rings. The van der Waals surface area contributed by atoms with Crippen LogP contribution in [0.3, 0.4) is 0 Å². The second-order valence-corrected chi connectivity index (χ2v) is 17.6. The van der Waals surface area contributed by atoms with Gasteiger partial charge in [-0.15, -0.1) is 0 Å². The van der Waals surface area contributed by atoms with Gasteiger partial charge in [-0.25, -0.2) is 19.9 Å². The fourth-order valence-electron chi connectivity index (χ4n) is 7.17. The summed E-state index contributed by atoms with van der Waals surface area (Å²) in [4.78, 5) is 68.5. The first-order valence-electron chi connectivity index (χ1n) is 23.3.